The van der Waals surface area contributed by atoms with E-state index in [9.17, 15) is 65.9 Å². The van der Waals surface area contributed by atoms with Gasteiger partial charge in [-0.05, 0) is 37.4 Å². The van der Waals surface area contributed by atoms with E-state index in [-0.39, 0.29) is 19.3 Å². The second-order valence-electron chi connectivity index (χ2n) is 15.0. The summed E-state index contributed by atoms with van der Waals surface area (Å²) in [5.41, 5.74) is 0. The van der Waals surface area contributed by atoms with Crippen LogP contribution in [-0.4, -0.2) is 44.5 Å². The first-order chi connectivity index (χ1) is 24.4. The maximum atomic E-state index is 13.0. The Balaban J connectivity index is 4.43. The molecule has 0 rings (SSSR count). The standard InChI is InChI=1S/C36H62F15NSi/c37-31(38,34(43,44)45)25-19-13-7-1-4-10-16-22-28-53(52,29-23-17-11-5-2-8-14-20-26-32(39,40)35(46,47)48)30-24-18-12-6-3-9-15-21-27-33(41,42)36(49,50)51/h1-30,52H2. The minimum Gasteiger partial charge on any atom is -0.351 e. The summed E-state index contributed by atoms with van der Waals surface area (Å²) in [5, 5.41) is 7.00. The lowest BCUT2D eigenvalue weighted by molar-refractivity contribution is -0.284. The Morgan fingerprint density at radius 2 is 0.396 bits per heavy atom. The zero-order valence-electron chi connectivity index (χ0n) is 31.0. The molecule has 0 aliphatic rings. The highest BCUT2D eigenvalue weighted by Gasteiger charge is 2.57. The first kappa shape index (κ1) is 52.1. The molecule has 0 aliphatic carbocycles. The highest BCUT2D eigenvalue weighted by atomic mass is 28.3. The maximum absolute atomic E-state index is 13.0. The molecule has 0 radical (unpaired) electrons. The quantitative estimate of drug-likeness (QED) is 0.0398. The van der Waals surface area contributed by atoms with Crippen LogP contribution in [0.4, 0.5) is 65.9 Å². The predicted molar refractivity (Wildman–Crippen MR) is 182 cm³/mol. The molecule has 0 aromatic carbocycles. The van der Waals surface area contributed by atoms with Crippen LogP contribution in [0, 0.1) is 0 Å². The van der Waals surface area contributed by atoms with Gasteiger partial charge in [-0.2, -0.15) is 65.9 Å². The van der Waals surface area contributed by atoms with Gasteiger partial charge >= 0.3 is 36.3 Å². The fourth-order valence-corrected chi connectivity index (χ4v) is 10.1. The van der Waals surface area contributed by atoms with E-state index in [1.165, 1.54) is 0 Å². The van der Waals surface area contributed by atoms with Gasteiger partial charge in [-0.15, -0.1) is 0 Å². The van der Waals surface area contributed by atoms with Crippen molar-refractivity contribution >= 4 is 8.24 Å². The minimum absolute atomic E-state index is 0.187. The van der Waals surface area contributed by atoms with E-state index in [1.807, 2.05) is 0 Å². The molecule has 0 fully saturated rings. The summed E-state index contributed by atoms with van der Waals surface area (Å²) in [5.74, 6) is -14.0. The van der Waals surface area contributed by atoms with Crippen molar-refractivity contribution in [2.75, 3.05) is 0 Å². The molecule has 53 heavy (non-hydrogen) atoms. The summed E-state index contributed by atoms with van der Waals surface area (Å²) in [6.45, 7) is 0. The molecule has 1 nitrogen and oxygen atoms in total. The number of hydrogen-bond donors (Lipinski definition) is 1. The first-order valence-corrected chi connectivity index (χ1v) is 22.2. The maximum Gasteiger partial charge on any atom is 0.453 e. The van der Waals surface area contributed by atoms with Crippen molar-refractivity contribution in [2.24, 2.45) is 5.40 Å². The van der Waals surface area contributed by atoms with E-state index in [4.69, 9.17) is 5.40 Å². The molecule has 0 aromatic heterocycles. The lowest BCUT2D eigenvalue weighted by Gasteiger charge is -2.27. The summed E-state index contributed by atoms with van der Waals surface area (Å²) >= 11 is 0. The Kier molecular flexibility index (Phi) is 25.0. The van der Waals surface area contributed by atoms with Crippen molar-refractivity contribution in [3.8, 4) is 0 Å². The van der Waals surface area contributed by atoms with Crippen molar-refractivity contribution in [3.63, 3.8) is 0 Å². The van der Waals surface area contributed by atoms with Crippen molar-refractivity contribution in [1.29, 1.82) is 0 Å². The van der Waals surface area contributed by atoms with E-state index in [0.717, 1.165) is 114 Å². The van der Waals surface area contributed by atoms with Gasteiger partial charge in [0.25, 0.3) is 0 Å². The number of halogens is 15. The second-order valence-corrected chi connectivity index (χ2v) is 19.2. The van der Waals surface area contributed by atoms with Gasteiger partial charge in [-0.3, -0.25) is 0 Å². The van der Waals surface area contributed by atoms with Gasteiger partial charge in [-0.1, -0.05) is 135 Å². The zero-order chi connectivity index (χ0) is 40.7. The lowest BCUT2D eigenvalue weighted by atomic mass is 10.1. The van der Waals surface area contributed by atoms with Crippen LogP contribution in [0.2, 0.25) is 18.1 Å². The van der Waals surface area contributed by atoms with E-state index >= 15 is 0 Å². The monoisotopic (exact) mass is 821 g/mol. The third kappa shape index (κ3) is 24.4. The second kappa shape index (κ2) is 25.4. The largest absolute Gasteiger partial charge is 0.453 e. The Bertz CT molecular complexity index is 793. The van der Waals surface area contributed by atoms with Gasteiger partial charge < -0.3 is 5.40 Å². The predicted octanol–water partition coefficient (Wildman–Crippen LogP) is 16.0. The molecule has 0 spiro atoms. The van der Waals surface area contributed by atoms with Crippen LogP contribution >= 0.6 is 0 Å². The molecular formula is C36H62F15NSi. The Hall–Kier alpha value is -0.873. The summed E-state index contributed by atoms with van der Waals surface area (Å²) in [6, 6.07) is 2.76. The molecule has 0 saturated heterocycles. The number of alkyl halides is 15. The van der Waals surface area contributed by atoms with Crippen LogP contribution in [0.1, 0.15) is 173 Å². The molecule has 0 heterocycles. The average Bonchev–Trinajstić information content (AvgIpc) is 3.02. The first-order valence-electron chi connectivity index (χ1n) is 19.5. The van der Waals surface area contributed by atoms with Crippen LogP contribution in [0.15, 0.2) is 0 Å². The SMILES string of the molecule is N[Si](CCCCCCCCCCC(F)(F)C(F)(F)F)(CCCCCCCCCCC(F)(F)C(F)(F)F)CCCCCCCCCCC(F)(F)C(F)(F)F. The normalized spacial score (nSPS) is 14.0. The molecule has 0 amide bonds. The topological polar surface area (TPSA) is 26.0 Å². The van der Waals surface area contributed by atoms with E-state index in [2.05, 4.69) is 0 Å². The van der Waals surface area contributed by atoms with Gasteiger partial charge in [0.05, 0.1) is 0 Å². The van der Waals surface area contributed by atoms with Crippen molar-refractivity contribution in [3.05, 3.63) is 0 Å². The number of unbranched alkanes of at least 4 members (excludes halogenated alkanes) is 21. The molecule has 0 unspecified atom stereocenters. The molecule has 2 N–H and O–H groups in total. The fraction of sp³-hybridized carbons (Fsp3) is 1.00. The molecule has 17 heteroatoms. The van der Waals surface area contributed by atoms with Crippen LogP contribution < -0.4 is 5.40 Å². The zero-order valence-corrected chi connectivity index (χ0v) is 32.0. The molecular weight excluding hydrogens is 759 g/mol. The van der Waals surface area contributed by atoms with Gasteiger partial charge in [0, 0.05) is 19.3 Å². The minimum atomic E-state index is -5.52. The fourth-order valence-electron chi connectivity index (χ4n) is 6.45. The van der Waals surface area contributed by atoms with Crippen molar-refractivity contribution in [1.82, 2.24) is 0 Å². The van der Waals surface area contributed by atoms with E-state index in [0.29, 0.717) is 38.5 Å². The number of rotatable bonds is 33. The van der Waals surface area contributed by atoms with Crippen LogP contribution in [0.3, 0.4) is 0 Å². The molecule has 0 bridgehead atoms. The Morgan fingerprint density at radius 3 is 0.566 bits per heavy atom. The summed E-state index contributed by atoms with van der Waals surface area (Å²) < 4.78 is 188. The van der Waals surface area contributed by atoms with Gasteiger partial charge in [0.2, 0.25) is 0 Å². The van der Waals surface area contributed by atoms with E-state index in [1.54, 1.807) is 0 Å². The van der Waals surface area contributed by atoms with Gasteiger partial charge in [-0.25, -0.2) is 0 Å². The molecule has 0 aliphatic heterocycles. The van der Waals surface area contributed by atoms with Gasteiger partial charge in [0.1, 0.15) is 8.24 Å². The average molecular weight is 822 g/mol. The summed E-state index contributed by atoms with van der Waals surface area (Å²) in [6.07, 6.45) is -4.89. The highest BCUT2D eigenvalue weighted by molar-refractivity contribution is 6.76. The molecule has 0 aromatic rings. The smallest absolute Gasteiger partial charge is 0.351 e. The Labute approximate surface area is 307 Å². The van der Waals surface area contributed by atoms with Crippen LogP contribution in [0.5, 0.6) is 0 Å². The van der Waals surface area contributed by atoms with Crippen molar-refractivity contribution < 1.29 is 65.9 Å². The molecule has 0 atom stereocenters. The summed E-state index contributed by atoms with van der Waals surface area (Å²) in [7, 11) is -2.10. The highest BCUT2D eigenvalue weighted by Crippen LogP contribution is 2.41. The van der Waals surface area contributed by atoms with E-state index < -0.39 is 63.8 Å². The third-order valence-electron chi connectivity index (χ3n) is 9.99. The van der Waals surface area contributed by atoms with Gasteiger partial charge in [0.15, 0.2) is 0 Å². The molecule has 0 saturated carbocycles. The Morgan fingerprint density at radius 1 is 0.245 bits per heavy atom. The third-order valence-corrected chi connectivity index (χ3v) is 14.0. The number of nitrogens with two attached hydrogens (primary N) is 1. The number of hydrogen-bond acceptors (Lipinski definition) is 1. The summed E-state index contributed by atoms with van der Waals surface area (Å²) in [4.78, 5) is 0. The van der Waals surface area contributed by atoms with Crippen molar-refractivity contribution in [2.45, 2.75) is 228 Å². The van der Waals surface area contributed by atoms with Crippen LogP contribution in [-0.2, 0) is 0 Å². The molecule has 320 valence electrons. The lowest BCUT2D eigenvalue weighted by Crippen LogP contribution is -2.45. The van der Waals surface area contributed by atoms with Crippen LogP contribution in [0.25, 0.3) is 0 Å².